The first kappa shape index (κ1) is 40.8. The molecule has 2 unspecified atom stereocenters. The average Bonchev–Trinajstić information content (AvgIpc) is 3.63. The zero-order valence-electron chi connectivity index (χ0n) is 29.9. The van der Waals surface area contributed by atoms with E-state index in [1.165, 1.54) is 26.1 Å². The highest BCUT2D eigenvalue weighted by atomic mass is 35.5. The monoisotopic (exact) mass is 833 g/mol. The number of hydrogen-bond donors (Lipinski definition) is 4. The molecule has 4 N–H and O–H groups in total. The highest BCUT2D eigenvalue weighted by molar-refractivity contribution is 7.97. The second kappa shape index (κ2) is 16.3. The lowest BCUT2D eigenvalue weighted by molar-refractivity contribution is -0.123. The van der Waals surface area contributed by atoms with Gasteiger partial charge in [0.1, 0.15) is 52.6 Å². The predicted octanol–water partition coefficient (Wildman–Crippen LogP) is 6.77. The SMILES string of the molecule is CNc1c(-n2c(C(Cc3cc(F)cc(F)c3)NC(=O)Cn3nc(C(F)F)c4c3C(F)(F)C(C)C4)nc(-c3ncc(N=O)cn3)cc2=O)ccc(Cl)c1C(=N)NSC. The Morgan fingerprint density at radius 2 is 1.82 bits per heavy atom. The minimum absolute atomic E-state index is 0.0230. The van der Waals surface area contributed by atoms with Crippen LogP contribution in [0.2, 0.25) is 5.02 Å². The molecule has 0 saturated heterocycles. The maximum Gasteiger partial charge on any atom is 0.292 e. The number of aromatic nitrogens is 6. The van der Waals surface area contributed by atoms with Crippen LogP contribution in [0.4, 0.5) is 37.7 Å². The molecular weight excluding hydrogens is 804 g/mol. The van der Waals surface area contributed by atoms with Crippen molar-refractivity contribution in [2.45, 2.75) is 44.7 Å². The first-order valence-electron chi connectivity index (χ1n) is 16.8. The summed E-state index contributed by atoms with van der Waals surface area (Å²) in [5.41, 5.74) is -3.12. The van der Waals surface area contributed by atoms with Gasteiger partial charge in [0.05, 0.1) is 40.4 Å². The Morgan fingerprint density at radius 1 is 1.14 bits per heavy atom. The molecule has 0 aliphatic heterocycles. The van der Waals surface area contributed by atoms with Crippen molar-refractivity contribution in [3.05, 3.63) is 115 Å². The van der Waals surface area contributed by atoms with Gasteiger partial charge in [0.15, 0.2) is 5.82 Å². The van der Waals surface area contributed by atoms with Gasteiger partial charge in [-0.3, -0.25) is 24.2 Å². The lowest BCUT2D eigenvalue weighted by Crippen LogP contribution is -2.38. The van der Waals surface area contributed by atoms with Crippen molar-refractivity contribution < 1.29 is 31.1 Å². The summed E-state index contributed by atoms with van der Waals surface area (Å²) in [6.07, 6.45) is -0.355. The summed E-state index contributed by atoms with van der Waals surface area (Å²) in [5, 5.41) is 20.6. The Morgan fingerprint density at radius 3 is 2.44 bits per heavy atom. The normalized spacial score (nSPS) is 15.0. The molecule has 14 nitrogen and oxygen atoms in total. The zero-order valence-corrected chi connectivity index (χ0v) is 31.5. The Labute approximate surface area is 328 Å². The van der Waals surface area contributed by atoms with Crippen molar-refractivity contribution in [2.24, 2.45) is 11.1 Å². The smallest absolute Gasteiger partial charge is 0.292 e. The zero-order chi connectivity index (χ0) is 41.3. The van der Waals surface area contributed by atoms with E-state index in [1.807, 2.05) is 0 Å². The first-order valence-corrected chi connectivity index (χ1v) is 18.4. The van der Waals surface area contributed by atoms with Crippen LogP contribution < -0.4 is 20.9 Å². The number of halogens is 7. The molecule has 0 radical (unpaired) electrons. The molecule has 2 atom stereocenters. The quantitative estimate of drug-likeness (QED) is 0.0325. The van der Waals surface area contributed by atoms with Crippen molar-refractivity contribution >= 4 is 46.7 Å². The third kappa shape index (κ3) is 8.06. The number of fused-ring (bicyclic) bond motifs is 1. The largest absolute Gasteiger partial charge is 0.386 e. The van der Waals surface area contributed by atoms with Crippen molar-refractivity contribution in [2.75, 3.05) is 18.6 Å². The van der Waals surface area contributed by atoms with Crippen LogP contribution in [-0.4, -0.2) is 54.3 Å². The van der Waals surface area contributed by atoms with E-state index < -0.39 is 78.2 Å². The van der Waals surface area contributed by atoms with Gasteiger partial charge in [0.25, 0.3) is 17.9 Å². The van der Waals surface area contributed by atoms with Gasteiger partial charge in [0.2, 0.25) is 5.91 Å². The molecule has 0 saturated carbocycles. The van der Waals surface area contributed by atoms with Crippen LogP contribution in [0.5, 0.6) is 0 Å². The Balaban J connectivity index is 1.57. The molecule has 57 heavy (non-hydrogen) atoms. The van der Waals surface area contributed by atoms with Gasteiger partial charge in [-0.25, -0.2) is 32.5 Å². The summed E-state index contributed by atoms with van der Waals surface area (Å²) in [4.78, 5) is 52.0. The summed E-state index contributed by atoms with van der Waals surface area (Å²) in [6, 6.07) is 4.77. The molecule has 0 spiro atoms. The van der Waals surface area contributed by atoms with E-state index >= 15 is 8.78 Å². The molecule has 3 aromatic heterocycles. The van der Waals surface area contributed by atoms with E-state index in [4.69, 9.17) is 17.0 Å². The van der Waals surface area contributed by atoms with Crippen LogP contribution >= 0.6 is 23.5 Å². The van der Waals surface area contributed by atoms with E-state index in [9.17, 15) is 32.1 Å². The lowest BCUT2D eigenvalue weighted by Gasteiger charge is -2.25. The second-order valence-corrected chi connectivity index (χ2v) is 13.8. The highest BCUT2D eigenvalue weighted by Gasteiger charge is 2.51. The number of amides is 1. The molecule has 0 fully saturated rings. The number of nitrogens with zero attached hydrogens (tertiary/aromatic N) is 7. The number of amidine groups is 1. The van der Waals surface area contributed by atoms with Gasteiger partial charge < -0.3 is 15.4 Å². The Hall–Kier alpha value is -5.83. The topological polar surface area (TPSA) is 185 Å². The maximum absolute atomic E-state index is 15.4. The number of carbonyl (C=O) groups is 1. The Bertz CT molecular complexity index is 2430. The van der Waals surface area contributed by atoms with Crippen LogP contribution in [0.1, 0.15) is 53.3 Å². The molecule has 22 heteroatoms. The van der Waals surface area contributed by atoms with Crippen LogP contribution in [0.15, 0.2) is 58.8 Å². The number of nitroso groups, excluding NO2 is 1. The van der Waals surface area contributed by atoms with Gasteiger partial charge in [-0.15, -0.1) is 4.91 Å². The minimum atomic E-state index is -3.62. The number of rotatable bonds is 13. The van der Waals surface area contributed by atoms with E-state index in [1.54, 1.807) is 6.26 Å². The minimum Gasteiger partial charge on any atom is -0.386 e. The standard InChI is InChI=1S/C35H30ClF6N11O3S/c1-15-6-20-28(31(39)40)49-52(30(20)35(15,41)42)14-25(54)47-23(9-16-7-17(37)10-18(38)8-16)34-48-22(33-45-12-19(50-56)13-46-33)11-26(55)53(34)24-5-4-21(36)27(29(24)44-2)32(43)51-57-3/h4-5,7-8,10-13,15,23,31,44H,6,9,14H2,1-3H3,(H2,43,51)(H,47,54). The highest BCUT2D eigenvalue weighted by Crippen LogP contribution is 2.48. The number of benzene rings is 2. The van der Waals surface area contributed by atoms with Crippen molar-refractivity contribution in [3.8, 4) is 17.2 Å². The van der Waals surface area contributed by atoms with E-state index in [0.717, 1.165) is 47.1 Å². The van der Waals surface area contributed by atoms with Crippen LogP contribution in [0.25, 0.3) is 17.2 Å². The van der Waals surface area contributed by atoms with E-state index in [-0.39, 0.29) is 62.0 Å². The number of carbonyl (C=O) groups excluding carboxylic acids is 1. The van der Waals surface area contributed by atoms with Crippen LogP contribution in [0, 0.1) is 27.9 Å². The summed E-state index contributed by atoms with van der Waals surface area (Å²) >= 11 is 7.61. The number of anilines is 1. The predicted molar refractivity (Wildman–Crippen MR) is 199 cm³/mol. The summed E-state index contributed by atoms with van der Waals surface area (Å²) in [7, 11) is 1.48. The van der Waals surface area contributed by atoms with Gasteiger partial charge >= 0.3 is 0 Å². The van der Waals surface area contributed by atoms with Crippen molar-refractivity contribution in [3.63, 3.8) is 0 Å². The third-order valence-electron chi connectivity index (χ3n) is 9.03. The molecule has 1 aliphatic rings. The fourth-order valence-electron chi connectivity index (χ4n) is 6.59. The molecule has 3 heterocycles. The molecule has 298 valence electrons. The summed E-state index contributed by atoms with van der Waals surface area (Å²) < 4.78 is 92.1. The number of nitrogens with one attached hydrogen (secondary N) is 4. The van der Waals surface area contributed by atoms with Gasteiger partial charge in [-0.2, -0.15) is 13.9 Å². The van der Waals surface area contributed by atoms with E-state index in [2.05, 4.69) is 40.6 Å². The van der Waals surface area contributed by atoms with Gasteiger partial charge in [-0.1, -0.05) is 30.5 Å². The molecule has 0 bridgehead atoms. The summed E-state index contributed by atoms with van der Waals surface area (Å²) in [5.74, 6) is -8.74. The number of alkyl halides is 4. The third-order valence-corrected chi connectivity index (χ3v) is 9.75. The van der Waals surface area contributed by atoms with Crippen LogP contribution in [-0.2, 0) is 30.1 Å². The van der Waals surface area contributed by atoms with Crippen molar-refractivity contribution in [1.82, 2.24) is 39.3 Å². The molecule has 5 aromatic rings. The van der Waals surface area contributed by atoms with E-state index in [0.29, 0.717) is 10.7 Å². The van der Waals surface area contributed by atoms with Gasteiger partial charge in [0, 0.05) is 43.3 Å². The average molecular weight is 834 g/mol. The van der Waals surface area contributed by atoms with Crippen LogP contribution in [0.3, 0.4) is 0 Å². The Kier molecular flexibility index (Phi) is 11.7. The first-order chi connectivity index (χ1) is 27.1. The van der Waals surface area contributed by atoms with Gasteiger partial charge in [-0.05, 0) is 41.4 Å². The fourth-order valence-corrected chi connectivity index (χ4v) is 7.15. The second-order valence-electron chi connectivity index (χ2n) is 12.8. The molecule has 1 aliphatic carbocycles. The van der Waals surface area contributed by atoms with Crippen molar-refractivity contribution in [1.29, 1.82) is 5.41 Å². The molecule has 6 rings (SSSR count). The molecular formula is C35H30ClF6N11O3S. The fraction of sp³-hybridized carbons (Fsp3) is 0.286. The maximum atomic E-state index is 15.4. The number of hydrogen-bond acceptors (Lipinski definition) is 11. The summed E-state index contributed by atoms with van der Waals surface area (Å²) in [6.45, 7) is 0.168. The molecule has 2 aromatic carbocycles. The lowest BCUT2D eigenvalue weighted by atomic mass is 10.0. The molecule has 1 amide bonds.